The largest absolute Gasteiger partial charge is 0.456 e. The number of urea groups is 1. The minimum Gasteiger partial charge on any atom is -0.456 e. The van der Waals surface area contributed by atoms with Crippen molar-refractivity contribution in [3.8, 4) is 0 Å². The highest BCUT2D eigenvalue weighted by Gasteiger charge is 2.51. The van der Waals surface area contributed by atoms with Crippen molar-refractivity contribution < 1.29 is 33.7 Å². The summed E-state index contributed by atoms with van der Waals surface area (Å²) in [6, 6.07) is -0.848. The molecular formula is C9H13N3O8. The van der Waals surface area contributed by atoms with E-state index in [1.165, 1.54) is 0 Å². The van der Waals surface area contributed by atoms with Gasteiger partial charge in [-0.1, -0.05) is 0 Å². The second-order valence-corrected chi connectivity index (χ2v) is 4.21. The van der Waals surface area contributed by atoms with Crippen LogP contribution in [0.5, 0.6) is 0 Å². The van der Waals surface area contributed by atoms with Crippen LogP contribution in [0.4, 0.5) is 4.79 Å². The van der Waals surface area contributed by atoms with Crippen molar-refractivity contribution in [3.63, 3.8) is 0 Å². The molecule has 2 fully saturated rings. The first-order valence-corrected chi connectivity index (χ1v) is 5.74. The number of fused-ring (bicyclic) bond motifs is 1. The fourth-order valence-electron chi connectivity index (χ4n) is 2.10. The molecule has 0 aromatic carbocycles. The summed E-state index contributed by atoms with van der Waals surface area (Å²) in [5.41, 5.74) is 4.81. The summed E-state index contributed by atoms with van der Waals surface area (Å²) in [5.74, 6) is -0.708. The average molecular weight is 291 g/mol. The first kappa shape index (κ1) is 14.3. The second-order valence-electron chi connectivity index (χ2n) is 4.21. The maximum absolute atomic E-state index is 11.4. The zero-order chi connectivity index (χ0) is 14.7. The molecule has 2 aliphatic heterocycles. The molecular weight excluding hydrogens is 278 g/mol. The lowest BCUT2D eigenvalue weighted by Crippen LogP contribution is -2.39. The molecule has 0 bridgehead atoms. The molecule has 11 nitrogen and oxygen atoms in total. The van der Waals surface area contributed by atoms with Gasteiger partial charge in [0.2, 0.25) is 0 Å². The van der Waals surface area contributed by atoms with Crippen LogP contribution in [-0.4, -0.2) is 61.3 Å². The van der Waals surface area contributed by atoms with E-state index in [-0.39, 0.29) is 19.8 Å². The van der Waals surface area contributed by atoms with Crippen molar-refractivity contribution in [2.75, 3.05) is 19.8 Å². The predicted molar refractivity (Wildman–Crippen MR) is 58.8 cm³/mol. The minimum absolute atomic E-state index is 0.0239. The van der Waals surface area contributed by atoms with Crippen LogP contribution in [0.2, 0.25) is 0 Å². The van der Waals surface area contributed by atoms with Gasteiger partial charge in [-0.15, -0.1) is 10.1 Å². The molecule has 2 aliphatic rings. The Morgan fingerprint density at radius 1 is 1.30 bits per heavy atom. The predicted octanol–water partition coefficient (Wildman–Crippen LogP) is -2.06. The number of nitrogens with one attached hydrogen (secondary N) is 1. The summed E-state index contributed by atoms with van der Waals surface area (Å²) < 4.78 is 15.6. The van der Waals surface area contributed by atoms with Gasteiger partial charge in [-0.3, -0.25) is 4.79 Å². The fraction of sp³-hybridized carbons (Fsp3) is 0.778. The third kappa shape index (κ3) is 3.24. The number of rotatable bonds is 5. The molecule has 0 saturated carbocycles. The van der Waals surface area contributed by atoms with E-state index >= 15 is 0 Å². The van der Waals surface area contributed by atoms with Crippen molar-refractivity contribution in [2.45, 2.75) is 24.4 Å². The number of ether oxygens (including phenoxy) is 3. The number of primary amides is 1. The number of carbonyl (C=O) groups excluding carboxylic acids is 2. The van der Waals surface area contributed by atoms with Gasteiger partial charge < -0.3 is 30.1 Å². The Morgan fingerprint density at radius 3 is 2.50 bits per heavy atom. The summed E-state index contributed by atoms with van der Waals surface area (Å²) in [5, 5.41) is 11.4. The number of carbonyl (C=O) groups is 2. The van der Waals surface area contributed by atoms with Gasteiger partial charge in [-0.05, 0) is 0 Å². The van der Waals surface area contributed by atoms with E-state index in [0.29, 0.717) is 0 Å². The van der Waals surface area contributed by atoms with Gasteiger partial charge in [0.05, 0.1) is 13.2 Å². The highest BCUT2D eigenvalue weighted by atomic mass is 17.0. The molecule has 0 spiro atoms. The summed E-state index contributed by atoms with van der Waals surface area (Å²) >= 11 is 0. The molecule has 4 atom stereocenters. The Labute approximate surface area is 112 Å². The Bertz CT molecular complexity index is 416. The van der Waals surface area contributed by atoms with Gasteiger partial charge in [0.25, 0.3) is 5.09 Å². The molecule has 2 saturated heterocycles. The molecule has 0 unspecified atom stereocenters. The van der Waals surface area contributed by atoms with E-state index in [4.69, 9.17) is 19.9 Å². The van der Waals surface area contributed by atoms with Gasteiger partial charge in [0.1, 0.15) is 18.8 Å². The van der Waals surface area contributed by atoms with Crippen LogP contribution < -0.4 is 11.1 Å². The first-order chi connectivity index (χ1) is 9.47. The van der Waals surface area contributed by atoms with Crippen molar-refractivity contribution >= 4 is 12.0 Å². The van der Waals surface area contributed by atoms with Crippen LogP contribution in [0.1, 0.15) is 0 Å². The molecule has 0 radical (unpaired) electrons. The summed E-state index contributed by atoms with van der Waals surface area (Å²) in [6.45, 7) is -0.364. The fourth-order valence-corrected chi connectivity index (χ4v) is 2.10. The maximum atomic E-state index is 11.4. The lowest BCUT2D eigenvalue weighted by molar-refractivity contribution is -0.769. The third-order valence-corrected chi connectivity index (χ3v) is 2.87. The zero-order valence-corrected chi connectivity index (χ0v) is 10.2. The van der Waals surface area contributed by atoms with Crippen molar-refractivity contribution in [1.82, 2.24) is 5.32 Å². The van der Waals surface area contributed by atoms with E-state index in [2.05, 4.69) is 10.2 Å². The van der Waals surface area contributed by atoms with E-state index in [1.54, 1.807) is 0 Å². The van der Waals surface area contributed by atoms with Crippen LogP contribution >= 0.6 is 0 Å². The summed E-state index contributed by atoms with van der Waals surface area (Å²) in [6.07, 6.45) is -2.84. The lowest BCUT2D eigenvalue weighted by Gasteiger charge is -2.16. The van der Waals surface area contributed by atoms with Gasteiger partial charge in [0.15, 0.2) is 12.2 Å². The first-order valence-electron chi connectivity index (χ1n) is 5.74. The Hall–Kier alpha value is -2.14. The van der Waals surface area contributed by atoms with E-state index in [1.807, 2.05) is 0 Å². The summed E-state index contributed by atoms with van der Waals surface area (Å²) in [4.78, 5) is 36.6. The molecule has 3 N–H and O–H groups in total. The normalized spacial score (nSPS) is 31.4. The smallest absolute Gasteiger partial charge is 0.325 e. The highest BCUT2D eigenvalue weighted by Crippen LogP contribution is 2.30. The van der Waals surface area contributed by atoms with Crippen LogP contribution in [0.15, 0.2) is 0 Å². The zero-order valence-electron chi connectivity index (χ0n) is 10.2. The van der Waals surface area contributed by atoms with Crippen LogP contribution in [-0.2, 0) is 23.8 Å². The monoisotopic (exact) mass is 291 g/mol. The standard InChI is InChI=1S/C9H13N3O8/c10-9(14)11-1-6(13)19-4-2-17-8-5(20-12(15)16)3-18-7(4)8/h4-5,7-8H,1-3H2,(H3,10,11,14)/t4-,5+,7-,8-/m1/s1. The third-order valence-electron chi connectivity index (χ3n) is 2.87. The van der Waals surface area contributed by atoms with E-state index in [0.717, 1.165) is 0 Å². The van der Waals surface area contributed by atoms with Crippen molar-refractivity contribution in [1.29, 1.82) is 0 Å². The topological polar surface area (TPSA) is 152 Å². The van der Waals surface area contributed by atoms with Gasteiger partial charge >= 0.3 is 12.0 Å². The maximum Gasteiger partial charge on any atom is 0.325 e. The molecule has 2 heterocycles. The summed E-state index contributed by atoms with van der Waals surface area (Å²) in [7, 11) is 0. The Kier molecular flexibility index (Phi) is 4.20. The molecule has 11 heteroatoms. The van der Waals surface area contributed by atoms with Crippen molar-refractivity contribution in [3.05, 3.63) is 10.1 Å². The Balaban J connectivity index is 1.83. The van der Waals surface area contributed by atoms with Crippen LogP contribution in [0.3, 0.4) is 0 Å². The number of hydrogen-bond acceptors (Lipinski definition) is 8. The van der Waals surface area contributed by atoms with Crippen molar-refractivity contribution in [2.24, 2.45) is 5.73 Å². The quantitative estimate of drug-likeness (QED) is 0.333. The van der Waals surface area contributed by atoms with E-state index < -0.39 is 41.5 Å². The number of nitrogens with two attached hydrogens (primary N) is 1. The number of nitrogens with zero attached hydrogens (tertiary/aromatic N) is 1. The molecule has 20 heavy (non-hydrogen) atoms. The van der Waals surface area contributed by atoms with Gasteiger partial charge in [-0.2, -0.15) is 0 Å². The second kappa shape index (κ2) is 5.88. The Morgan fingerprint density at radius 2 is 1.90 bits per heavy atom. The molecule has 0 aromatic heterocycles. The molecule has 0 aliphatic carbocycles. The highest BCUT2D eigenvalue weighted by molar-refractivity contribution is 5.79. The number of esters is 1. The van der Waals surface area contributed by atoms with Crippen LogP contribution in [0.25, 0.3) is 0 Å². The molecule has 0 aromatic rings. The average Bonchev–Trinajstić information content (AvgIpc) is 2.91. The number of hydrogen-bond donors (Lipinski definition) is 2. The SMILES string of the molecule is NC(=O)NCC(=O)O[C@@H]1CO[C@H]2[C@@H]1OC[C@@H]2O[N+](=O)[O-]. The van der Waals surface area contributed by atoms with Gasteiger partial charge in [-0.25, -0.2) is 4.79 Å². The number of amides is 2. The van der Waals surface area contributed by atoms with E-state index in [9.17, 15) is 19.7 Å². The van der Waals surface area contributed by atoms with Crippen LogP contribution in [0, 0.1) is 10.1 Å². The minimum atomic E-state index is -0.921. The lowest BCUT2D eigenvalue weighted by atomic mass is 10.1. The van der Waals surface area contributed by atoms with Gasteiger partial charge in [0, 0.05) is 0 Å². The molecule has 2 amide bonds. The molecule has 112 valence electrons. The molecule has 2 rings (SSSR count).